The van der Waals surface area contributed by atoms with Crippen molar-refractivity contribution in [2.75, 3.05) is 12.4 Å². The second kappa shape index (κ2) is 9.17. The van der Waals surface area contributed by atoms with Gasteiger partial charge in [0.25, 0.3) is 0 Å². The summed E-state index contributed by atoms with van der Waals surface area (Å²) in [6, 6.07) is 15.6. The van der Waals surface area contributed by atoms with Crippen molar-refractivity contribution in [1.29, 1.82) is 0 Å². The van der Waals surface area contributed by atoms with Crippen LogP contribution < -0.4 is 10.1 Å². The number of epoxide rings is 1. The van der Waals surface area contributed by atoms with Crippen LogP contribution in [0.1, 0.15) is 41.4 Å². The van der Waals surface area contributed by atoms with Gasteiger partial charge in [-0.2, -0.15) is 0 Å². The highest BCUT2D eigenvalue weighted by molar-refractivity contribution is 9.10. The quantitative estimate of drug-likeness (QED) is 0.364. The second-order valence-corrected chi connectivity index (χ2v) is 8.78. The first kappa shape index (κ1) is 22.1. The normalized spacial score (nSPS) is 18.5. The average Bonchev–Trinajstić information content (AvgIpc) is 3.50. The molecule has 2 N–H and O–H groups in total. The molecule has 7 heteroatoms. The van der Waals surface area contributed by atoms with Crippen LogP contribution in [0, 0.1) is 5.82 Å². The number of rotatable bonds is 7. The number of ether oxygens (including phenoxy) is 2. The average molecular weight is 507 g/mol. The Labute approximate surface area is 194 Å². The maximum Gasteiger partial charge on any atom is 0.146 e. The molecular weight excluding hydrogens is 485 g/mol. The molecule has 0 bridgehead atoms. The lowest BCUT2D eigenvalue weighted by molar-refractivity contribution is 0.219. The lowest BCUT2D eigenvalue weighted by Crippen LogP contribution is -2.07. The molecule has 1 aliphatic rings. The molecule has 3 unspecified atom stereocenters. The van der Waals surface area contributed by atoms with Gasteiger partial charge < -0.3 is 19.9 Å². The third-order valence-electron chi connectivity index (χ3n) is 5.41. The summed E-state index contributed by atoms with van der Waals surface area (Å²) < 4.78 is 26.4. The van der Waals surface area contributed by atoms with Crippen molar-refractivity contribution < 1.29 is 19.0 Å². The largest absolute Gasteiger partial charge is 0.497 e. The predicted molar refractivity (Wildman–Crippen MR) is 123 cm³/mol. The van der Waals surface area contributed by atoms with Crippen LogP contribution in [-0.2, 0) is 11.3 Å². The van der Waals surface area contributed by atoms with Gasteiger partial charge in [-0.1, -0.05) is 45.7 Å². The number of aliphatic hydroxyl groups excluding tert-OH is 1. The van der Waals surface area contributed by atoms with E-state index in [1.54, 1.807) is 37.4 Å². The lowest BCUT2D eigenvalue weighted by atomic mass is 10.0. The summed E-state index contributed by atoms with van der Waals surface area (Å²) in [5.41, 5.74) is 3.46. The molecular formula is C24H22BrClFNO3. The first-order valence-corrected chi connectivity index (χ1v) is 11.0. The van der Waals surface area contributed by atoms with Gasteiger partial charge in [-0.15, -0.1) is 0 Å². The molecule has 0 radical (unpaired) electrons. The molecule has 3 aromatic rings. The molecule has 162 valence electrons. The molecule has 3 atom stereocenters. The van der Waals surface area contributed by atoms with Crippen molar-refractivity contribution in [3.63, 3.8) is 0 Å². The Morgan fingerprint density at radius 3 is 2.55 bits per heavy atom. The Hall–Kier alpha value is -2.12. The highest BCUT2D eigenvalue weighted by atomic mass is 79.9. The molecule has 0 aliphatic carbocycles. The maximum atomic E-state index is 14.9. The lowest BCUT2D eigenvalue weighted by Gasteiger charge is -2.17. The van der Waals surface area contributed by atoms with Crippen LogP contribution in [-0.4, -0.2) is 18.3 Å². The van der Waals surface area contributed by atoms with Gasteiger partial charge in [-0.3, -0.25) is 0 Å². The van der Waals surface area contributed by atoms with Gasteiger partial charge in [0.1, 0.15) is 23.8 Å². The highest BCUT2D eigenvalue weighted by Gasteiger charge is 2.37. The molecule has 4 rings (SSSR count). The van der Waals surface area contributed by atoms with E-state index < -0.39 is 11.9 Å². The van der Waals surface area contributed by atoms with Gasteiger partial charge in [0.15, 0.2) is 0 Å². The molecule has 4 nitrogen and oxygen atoms in total. The Balaban J connectivity index is 1.54. The van der Waals surface area contributed by atoms with E-state index in [1.807, 2.05) is 25.1 Å². The summed E-state index contributed by atoms with van der Waals surface area (Å²) in [6.07, 6.45) is -0.789. The zero-order valence-electron chi connectivity index (χ0n) is 17.0. The first-order valence-electron chi connectivity index (χ1n) is 9.86. The zero-order valence-corrected chi connectivity index (χ0v) is 19.4. The van der Waals surface area contributed by atoms with E-state index in [-0.39, 0.29) is 12.2 Å². The van der Waals surface area contributed by atoms with Crippen LogP contribution in [0.4, 0.5) is 10.1 Å². The summed E-state index contributed by atoms with van der Waals surface area (Å²) in [4.78, 5) is 0. The van der Waals surface area contributed by atoms with Gasteiger partial charge in [0, 0.05) is 21.6 Å². The highest BCUT2D eigenvalue weighted by Crippen LogP contribution is 2.41. The maximum absolute atomic E-state index is 14.9. The number of methoxy groups -OCH3 is 1. The topological polar surface area (TPSA) is 54.0 Å². The molecule has 3 aromatic carbocycles. The summed E-state index contributed by atoms with van der Waals surface area (Å²) >= 11 is 9.38. The predicted octanol–water partition coefficient (Wildman–Crippen LogP) is 6.40. The van der Waals surface area contributed by atoms with Gasteiger partial charge >= 0.3 is 0 Å². The smallest absolute Gasteiger partial charge is 0.146 e. The molecule has 0 amide bonds. The van der Waals surface area contributed by atoms with Gasteiger partial charge in [0.2, 0.25) is 0 Å². The van der Waals surface area contributed by atoms with E-state index in [9.17, 15) is 9.50 Å². The van der Waals surface area contributed by atoms with Crippen molar-refractivity contribution in [1.82, 2.24) is 0 Å². The van der Waals surface area contributed by atoms with Crippen molar-refractivity contribution in [3.05, 3.63) is 92.2 Å². The Kier molecular flexibility index (Phi) is 6.53. The van der Waals surface area contributed by atoms with E-state index in [4.69, 9.17) is 21.1 Å². The molecule has 0 aromatic heterocycles. The molecule has 0 saturated carbocycles. The minimum atomic E-state index is -0.975. The Morgan fingerprint density at radius 1 is 1.19 bits per heavy atom. The number of aliphatic hydroxyl groups is 1. The standard InChI is InChI=1S/C24H22BrClFNO3/c1-13-24(31-13)18-9-17(30-2)8-5-15(18)12-28-22-11-20(25)19(10-21(22)27)23(29)14-3-6-16(26)7-4-14/h3-11,13,23-24,28-29H,12H2,1-2H3. The van der Waals surface area contributed by atoms with E-state index in [0.29, 0.717) is 32.9 Å². The Morgan fingerprint density at radius 2 is 1.90 bits per heavy atom. The zero-order chi connectivity index (χ0) is 22.1. The molecule has 1 saturated heterocycles. The van der Waals surface area contributed by atoms with E-state index in [1.165, 1.54) is 6.07 Å². The molecule has 1 heterocycles. The SMILES string of the molecule is COc1ccc(CNc2cc(Br)c(C(O)c3ccc(Cl)cc3)cc2F)c(C2OC2C)c1. The van der Waals surface area contributed by atoms with Crippen molar-refractivity contribution in [2.24, 2.45) is 0 Å². The van der Waals surface area contributed by atoms with E-state index in [2.05, 4.69) is 21.2 Å². The summed E-state index contributed by atoms with van der Waals surface area (Å²) in [7, 11) is 1.63. The Bertz CT molecular complexity index is 1090. The summed E-state index contributed by atoms with van der Waals surface area (Å²) in [5.74, 6) is 0.313. The van der Waals surface area contributed by atoms with E-state index in [0.717, 1.165) is 16.9 Å². The van der Waals surface area contributed by atoms with Crippen LogP contribution in [0.25, 0.3) is 0 Å². The first-order chi connectivity index (χ1) is 14.9. The van der Waals surface area contributed by atoms with Crippen molar-refractivity contribution in [2.45, 2.75) is 31.8 Å². The number of nitrogens with one attached hydrogen (secondary N) is 1. The number of halogens is 3. The molecule has 31 heavy (non-hydrogen) atoms. The minimum Gasteiger partial charge on any atom is -0.497 e. The molecule has 1 aliphatic heterocycles. The van der Waals surface area contributed by atoms with Crippen LogP contribution in [0.15, 0.2) is 59.1 Å². The van der Waals surface area contributed by atoms with Gasteiger partial charge in [-0.25, -0.2) is 4.39 Å². The fraction of sp³-hybridized carbons (Fsp3) is 0.250. The monoisotopic (exact) mass is 505 g/mol. The van der Waals surface area contributed by atoms with Crippen LogP contribution >= 0.6 is 27.5 Å². The molecule has 0 spiro atoms. The minimum absolute atomic E-state index is 0.0281. The number of hydrogen-bond donors (Lipinski definition) is 2. The van der Waals surface area contributed by atoms with E-state index >= 15 is 0 Å². The van der Waals surface area contributed by atoms with Crippen LogP contribution in [0.2, 0.25) is 5.02 Å². The van der Waals surface area contributed by atoms with Crippen LogP contribution in [0.3, 0.4) is 0 Å². The number of anilines is 1. The fourth-order valence-electron chi connectivity index (χ4n) is 3.56. The summed E-state index contributed by atoms with van der Waals surface area (Å²) in [5, 5.41) is 14.4. The fourth-order valence-corrected chi connectivity index (χ4v) is 4.25. The molecule has 1 fully saturated rings. The third-order valence-corrected chi connectivity index (χ3v) is 6.35. The van der Waals surface area contributed by atoms with Gasteiger partial charge in [-0.05, 0) is 60.0 Å². The van der Waals surface area contributed by atoms with Crippen molar-refractivity contribution >= 4 is 33.2 Å². The van der Waals surface area contributed by atoms with Crippen molar-refractivity contribution in [3.8, 4) is 5.75 Å². The van der Waals surface area contributed by atoms with Crippen LogP contribution in [0.5, 0.6) is 5.75 Å². The second-order valence-electron chi connectivity index (χ2n) is 7.49. The van der Waals surface area contributed by atoms with Gasteiger partial charge in [0.05, 0.1) is 18.9 Å². The third kappa shape index (κ3) is 4.88. The summed E-state index contributed by atoms with van der Waals surface area (Å²) in [6.45, 7) is 2.44. The number of benzene rings is 3. The number of hydrogen-bond acceptors (Lipinski definition) is 4.